The van der Waals surface area contributed by atoms with Crippen LogP contribution in [0.1, 0.15) is 12.5 Å². The van der Waals surface area contributed by atoms with Gasteiger partial charge in [0.2, 0.25) is 5.91 Å². The molecule has 0 radical (unpaired) electrons. The fourth-order valence-corrected chi connectivity index (χ4v) is 3.06. The molecule has 1 fully saturated rings. The Balaban J connectivity index is 1.83. The molecule has 1 aromatic carbocycles. The number of likely N-dealkylation sites (N-methyl/N-ethyl adjacent to an activating group) is 1. The van der Waals surface area contributed by atoms with Crippen molar-refractivity contribution in [2.24, 2.45) is 0 Å². The lowest BCUT2D eigenvalue weighted by Crippen LogP contribution is -2.54. The van der Waals surface area contributed by atoms with Gasteiger partial charge in [-0.05, 0) is 24.6 Å². The number of nitrogens with zero attached hydrogens (tertiary/aromatic N) is 3. The zero-order valence-corrected chi connectivity index (χ0v) is 14.9. The molecule has 0 bridgehead atoms. The highest BCUT2D eigenvalue weighted by Crippen LogP contribution is 2.11. The number of carbonyl (C=O) groups excluding carboxylic acids is 1. The first kappa shape index (κ1) is 18.8. The molecule has 24 heavy (non-hydrogen) atoms. The van der Waals surface area contributed by atoms with E-state index in [9.17, 15) is 9.18 Å². The molecule has 1 atom stereocenters. The van der Waals surface area contributed by atoms with Crippen LogP contribution in [0, 0.1) is 5.82 Å². The molecule has 6 heteroatoms. The van der Waals surface area contributed by atoms with Crippen LogP contribution >= 0.6 is 0 Å². The van der Waals surface area contributed by atoms with Crippen molar-refractivity contribution in [3.05, 3.63) is 35.6 Å². The number of benzene rings is 1. The van der Waals surface area contributed by atoms with Gasteiger partial charge in [-0.3, -0.25) is 14.6 Å². The third-order valence-corrected chi connectivity index (χ3v) is 4.61. The fraction of sp³-hybridized carbons (Fsp3) is 0.611. The Morgan fingerprint density at radius 1 is 1.33 bits per heavy atom. The predicted molar refractivity (Wildman–Crippen MR) is 92.2 cm³/mol. The van der Waals surface area contributed by atoms with E-state index >= 15 is 0 Å². The van der Waals surface area contributed by atoms with E-state index in [0.717, 1.165) is 44.9 Å². The van der Waals surface area contributed by atoms with E-state index in [1.807, 2.05) is 13.0 Å². The minimum atomic E-state index is -0.270. The molecule has 0 spiro atoms. The first-order valence-electron chi connectivity index (χ1n) is 8.46. The van der Waals surface area contributed by atoms with Gasteiger partial charge in [0, 0.05) is 53.4 Å². The molecule has 0 saturated carbocycles. The Morgan fingerprint density at radius 3 is 2.67 bits per heavy atom. The maximum absolute atomic E-state index is 13.3. The van der Waals surface area contributed by atoms with Crippen LogP contribution in [0.3, 0.4) is 0 Å². The van der Waals surface area contributed by atoms with E-state index in [0.29, 0.717) is 6.54 Å². The summed E-state index contributed by atoms with van der Waals surface area (Å²) in [6.45, 7) is 7.72. The van der Waals surface area contributed by atoms with Gasteiger partial charge in [0.25, 0.3) is 0 Å². The van der Waals surface area contributed by atoms with Crippen molar-refractivity contribution >= 4 is 5.91 Å². The van der Waals surface area contributed by atoms with E-state index in [1.54, 1.807) is 25.1 Å². The molecule has 0 N–H and O–H groups in total. The number of rotatable bonds is 7. The number of methoxy groups -OCH3 is 1. The largest absolute Gasteiger partial charge is 0.383 e. The Kier molecular flexibility index (Phi) is 7.15. The van der Waals surface area contributed by atoms with E-state index in [1.165, 1.54) is 12.1 Å². The van der Waals surface area contributed by atoms with Gasteiger partial charge in [-0.15, -0.1) is 0 Å². The Labute approximate surface area is 144 Å². The maximum Gasteiger partial charge on any atom is 0.239 e. The van der Waals surface area contributed by atoms with Crippen LogP contribution in [-0.4, -0.2) is 80.1 Å². The van der Waals surface area contributed by atoms with Crippen molar-refractivity contribution in [2.75, 3.05) is 53.5 Å². The van der Waals surface area contributed by atoms with Crippen LogP contribution in [-0.2, 0) is 16.1 Å². The van der Waals surface area contributed by atoms with E-state index in [2.05, 4.69) is 9.80 Å². The summed E-state index contributed by atoms with van der Waals surface area (Å²) >= 11 is 0. The number of hydrogen-bond acceptors (Lipinski definition) is 4. The number of carbonyl (C=O) groups is 1. The van der Waals surface area contributed by atoms with Crippen molar-refractivity contribution in [3.63, 3.8) is 0 Å². The Hall–Kier alpha value is -1.50. The van der Waals surface area contributed by atoms with E-state index < -0.39 is 0 Å². The quantitative estimate of drug-likeness (QED) is 0.754. The summed E-state index contributed by atoms with van der Waals surface area (Å²) in [5.41, 5.74) is 0.808. The SMILES string of the molecule is COCCN1CCN(C(C)C(=O)N(C)Cc2cccc(F)c2)CC1. The van der Waals surface area contributed by atoms with Crippen LogP contribution in [0.15, 0.2) is 24.3 Å². The molecule has 1 aliphatic rings. The molecule has 1 heterocycles. The highest BCUT2D eigenvalue weighted by Gasteiger charge is 2.27. The summed E-state index contributed by atoms with van der Waals surface area (Å²) in [6.07, 6.45) is 0. The van der Waals surface area contributed by atoms with Crippen LogP contribution in [0.4, 0.5) is 4.39 Å². The third kappa shape index (κ3) is 5.26. The van der Waals surface area contributed by atoms with E-state index in [-0.39, 0.29) is 17.8 Å². The summed E-state index contributed by atoms with van der Waals surface area (Å²) < 4.78 is 18.4. The van der Waals surface area contributed by atoms with Crippen molar-refractivity contribution < 1.29 is 13.9 Å². The van der Waals surface area contributed by atoms with Gasteiger partial charge in [-0.2, -0.15) is 0 Å². The summed E-state index contributed by atoms with van der Waals surface area (Å²) in [4.78, 5) is 18.9. The second-order valence-electron chi connectivity index (χ2n) is 6.37. The molecular weight excluding hydrogens is 309 g/mol. The van der Waals surface area contributed by atoms with Crippen LogP contribution in [0.25, 0.3) is 0 Å². The molecule has 0 aromatic heterocycles. The topological polar surface area (TPSA) is 36.0 Å². The Bertz CT molecular complexity index is 533. The number of ether oxygens (including phenoxy) is 1. The summed E-state index contributed by atoms with van der Waals surface area (Å²) in [6, 6.07) is 6.24. The van der Waals surface area contributed by atoms with Crippen LogP contribution in [0.2, 0.25) is 0 Å². The molecule has 1 aliphatic heterocycles. The number of hydrogen-bond donors (Lipinski definition) is 0. The molecule has 1 saturated heterocycles. The zero-order chi connectivity index (χ0) is 17.5. The summed E-state index contributed by atoms with van der Waals surface area (Å²) in [5, 5.41) is 0. The van der Waals surface area contributed by atoms with Crippen molar-refractivity contribution in [1.29, 1.82) is 0 Å². The lowest BCUT2D eigenvalue weighted by molar-refractivity contribution is -0.136. The second kappa shape index (κ2) is 9.11. The Morgan fingerprint density at radius 2 is 2.04 bits per heavy atom. The van der Waals surface area contributed by atoms with Gasteiger partial charge >= 0.3 is 0 Å². The zero-order valence-electron chi connectivity index (χ0n) is 14.9. The average Bonchev–Trinajstić information content (AvgIpc) is 2.59. The second-order valence-corrected chi connectivity index (χ2v) is 6.37. The number of halogens is 1. The van der Waals surface area contributed by atoms with Gasteiger partial charge in [-0.25, -0.2) is 4.39 Å². The van der Waals surface area contributed by atoms with Gasteiger partial charge in [0.1, 0.15) is 5.82 Å². The molecule has 5 nitrogen and oxygen atoms in total. The number of amides is 1. The molecule has 1 unspecified atom stereocenters. The lowest BCUT2D eigenvalue weighted by Gasteiger charge is -2.38. The molecule has 1 aromatic rings. The normalized spacial score (nSPS) is 17.7. The number of piperazine rings is 1. The fourth-order valence-electron chi connectivity index (χ4n) is 3.06. The highest BCUT2D eigenvalue weighted by molar-refractivity contribution is 5.81. The monoisotopic (exact) mass is 337 g/mol. The smallest absolute Gasteiger partial charge is 0.239 e. The maximum atomic E-state index is 13.3. The van der Waals surface area contributed by atoms with Gasteiger partial charge in [0.05, 0.1) is 12.6 Å². The average molecular weight is 337 g/mol. The van der Waals surface area contributed by atoms with Crippen molar-refractivity contribution in [1.82, 2.24) is 14.7 Å². The van der Waals surface area contributed by atoms with Crippen LogP contribution in [0.5, 0.6) is 0 Å². The predicted octanol–water partition coefficient (Wildman–Crippen LogP) is 1.44. The molecule has 134 valence electrons. The highest BCUT2D eigenvalue weighted by atomic mass is 19.1. The minimum absolute atomic E-state index is 0.0737. The molecule has 2 rings (SSSR count). The first-order valence-corrected chi connectivity index (χ1v) is 8.46. The standard InChI is InChI=1S/C18H28FN3O2/c1-15(22-9-7-21(8-10-22)11-12-24-3)18(23)20(2)14-16-5-4-6-17(19)13-16/h4-6,13,15H,7-12,14H2,1-3H3. The third-order valence-electron chi connectivity index (χ3n) is 4.61. The van der Waals surface area contributed by atoms with E-state index in [4.69, 9.17) is 4.74 Å². The van der Waals surface area contributed by atoms with Gasteiger partial charge < -0.3 is 9.64 Å². The van der Waals surface area contributed by atoms with Gasteiger partial charge in [0.15, 0.2) is 0 Å². The van der Waals surface area contributed by atoms with Gasteiger partial charge in [-0.1, -0.05) is 12.1 Å². The van der Waals surface area contributed by atoms with Crippen molar-refractivity contribution in [3.8, 4) is 0 Å². The first-order chi connectivity index (χ1) is 11.5. The molecular formula is C18H28FN3O2. The molecule has 1 amide bonds. The lowest BCUT2D eigenvalue weighted by atomic mass is 10.1. The summed E-state index contributed by atoms with van der Waals surface area (Å²) in [5.74, 6) is -0.196. The van der Waals surface area contributed by atoms with Crippen LogP contribution < -0.4 is 0 Å². The minimum Gasteiger partial charge on any atom is -0.383 e. The molecule has 0 aliphatic carbocycles. The summed E-state index contributed by atoms with van der Waals surface area (Å²) in [7, 11) is 3.49. The van der Waals surface area contributed by atoms with Crippen molar-refractivity contribution in [2.45, 2.75) is 19.5 Å².